The number of benzene rings is 1. The van der Waals surface area contributed by atoms with Crippen molar-refractivity contribution in [2.45, 2.75) is 51.4 Å². The molecule has 220 valence electrons. The molecule has 2 aliphatic heterocycles. The van der Waals surface area contributed by atoms with Crippen molar-refractivity contribution in [3.63, 3.8) is 0 Å². The summed E-state index contributed by atoms with van der Waals surface area (Å²) in [5.74, 6) is -0.882. The lowest BCUT2D eigenvalue weighted by molar-refractivity contribution is -0.136. The number of hydrogen-bond acceptors (Lipinski definition) is 6. The van der Waals surface area contributed by atoms with Gasteiger partial charge in [-0.1, -0.05) is 11.6 Å². The quantitative estimate of drug-likeness (QED) is 0.399. The summed E-state index contributed by atoms with van der Waals surface area (Å²) in [7, 11) is 0. The molecular weight excluding hydrogens is 558 g/mol. The largest absolute Gasteiger partial charge is 0.449 e. The van der Waals surface area contributed by atoms with Gasteiger partial charge in [-0.2, -0.15) is 0 Å². The maximum Gasteiger partial charge on any atom is 0.294 e. The fourth-order valence-electron chi connectivity index (χ4n) is 6.26. The maximum absolute atomic E-state index is 13.6. The summed E-state index contributed by atoms with van der Waals surface area (Å²) in [6.45, 7) is 3.06. The lowest BCUT2D eigenvalue weighted by Gasteiger charge is -2.29. The summed E-state index contributed by atoms with van der Waals surface area (Å²) in [6.07, 6.45) is 7.94. The number of nitrogens with zero attached hydrogens (tertiary/aromatic N) is 3. The van der Waals surface area contributed by atoms with Gasteiger partial charge in [-0.3, -0.25) is 19.2 Å². The Kier molecular flexibility index (Phi) is 8.15. The van der Waals surface area contributed by atoms with E-state index in [1.165, 1.54) is 6.20 Å². The third kappa shape index (κ3) is 5.86. The summed E-state index contributed by atoms with van der Waals surface area (Å²) in [5.41, 5.74) is 1.05. The van der Waals surface area contributed by atoms with Gasteiger partial charge in [0.15, 0.2) is 0 Å². The molecule has 42 heavy (non-hydrogen) atoms. The molecule has 2 aromatic heterocycles. The molecule has 11 heteroatoms. The van der Waals surface area contributed by atoms with E-state index in [1.54, 1.807) is 35.2 Å². The van der Waals surface area contributed by atoms with Gasteiger partial charge in [-0.05, 0) is 81.7 Å². The highest BCUT2D eigenvalue weighted by atomic mass is 35.5. The lowest BCUT2D eigenvalue weighted by atomic mass is 9.81. The number of rotatable bonds is 6. The Morgan fingerprint density at radius 3 is 2.17 bits per heavy atom. The Bertz CT molecular complexity index is 1500. The van der Waals surface area contributed by atoms with E-state index in [4.69, 9.17) is 16.0 Å². The molecule has 2 saturated heterocycles. The predicted molar refractivity (Wildman–Crippen MR) is 158 cm³/mol. The zero-order valence-electron chi connectivity index (χ0n) is 23.4. The average Bonchev–Trinajstić information content (AvgIpc) is 3.80. The summed E-state index contributed by atoms with van der Waals surface area (Å²) in [5, 5.41) is 6.55. The first-order chi connectivity index (χ1) is 20.4. The molecule has 3 aliphatic rings. The van der Waals surface area contributed by atoms with E-state index in [1.807, 2.05) is 4.90 Å². The number of amides is 4. The monoisotopic (exact) mass is 591 g/mol. The number of hydrogen-bond donors (Lipinski definition) is 2. The number of fused-ring (bicyclic) bond motifs is 1. The van der Waals surface area contributed by atoms with Crippen LogP contribution in [0, 0.1) is 11.8 Å². The van der Waals surface area contributed by atoms with E-state index < -0.39 is 5.91 Å². The van der Waals surface area contributed by atoms with Gasteiger partial charge in [0.05, 0.1) is 5.02 Å². The first-order valence-corrected chi connectivity index (χ1v) is 15.1. The van der Waals surface area contributed by atoms with Crippen LogP contribution in [0.1, 0.15) is 72.3 Å². The summed E-state index contributed by atoms with van der Waals surface area (Å²) in [6, 6.07) is 8.18. The molecule has 6 rings (SSSR count). The van der Waals surface area contributed by atoms with Crippen molar-refractivity contribution >= 4 is 57.7 Å². The fourth-order valence-corrected chi connectivity index (χ4v) is 6.38. The van der Waals surface area contributed by atoms with E-state index in [0.29, 0.717) is 60.3 Å². The number of aromatic nitrogens is 1. The SMILES string of the molecule is O=C(Nc1ccc(Cl)cn1)c1oc2ccc(C(=O)N3CCCC3)cc2c1NC(=O)[C@H]1CC[C@H](C(=O)N2CCCC2)CC1. The van der Waals surface area contributed by atoms with E-state index in [9.17, 15) is 19.2 Å². The Morgan fingerprint density at radius 2 is 1.50 bits per heavy atom. The van der Waals surface area contributed by atoms with Crippen LogP contribution in [0.2, 0.25) is 5.02 Å². The molecule has 0 spiro atoms. The van der Waals surface area contributed by atoms with Crippen molar-refractivity contribution in [3.8, 4) is 0 Å². The molecule has 3 aromatic rings. The molecule has 0 bridgehead atoms. The topological polar surface area (TPSA) is 125 Å². The van der Waals surface area contributed by atoms with Crippen LogP contribution in [0.4, 0.5) is 11.5 Å². The van der Waals surface area contributed by atoms with Crippen LogP contribution < -0.4 is 10.6 Å². The highest BCUT2D eigenvalue weighted by molar-refractivity contribution is 6.30. The van der Waals surface area contributed by atoms with Crippen LogP contribution in [0.25, 0.3) is 11.0 Å². The molecule has 1 aliphatic carbocycles. The van der Waals surface area contributed by atoms with Crippen molar-refractivity contribution < 1.29 is 23.6 Å². The second kappa shape index (κ2) is 12.1. The fraction of sp³-hybridized carbons (Fsp3) is 0.452. The number of anilines is 2. The summed E-state index contributed by atoms with van der Waals surface area (Å²) >= 11 is 5.93. The van der Waals surface area contributed by atoms with Crippen LogP contribution in [0.3, 0.4) is 0 Å². The van der Waals surface area contributed by atoms with Crippen molar-refractivity contribution in [1.29, 1.82) is 0 Å². The Morgan fingerprint density at radius 1 is 0.833 bits per heavy atom. The van der Waals surface area contributed by atoms with Gasteiger partial charge in [0.1, 0.15) is 17.1 Å². The number of carbonyl (C=O) groups excluding carboxylic acids is 4. The number of nitrogens with one attached hydrogen (secondary N) is 2. The molecule has 1 saturated carbocycles. The normalized spacial score (nSPS) is 20.6. The van der Waals surface area contributed by atoms with E-state index in [0.717, 1.165) is 38.8 Å². The van der Waals surface area contributed by atoms with Crippen LogP contribution in [0.5, 0.6) is 0 Å². The first-order valence-electron chi connectivity index (χ1n) is 14.8. The Balaban J connectivity index is 1.24. The van der Waals surface area contributed by atoms with Gasteiger partial charge in [0.2, 0.25) is 17.6 Å². The van der Waals surface area contributed by atoms with Crippen LogP contribution in [-0.2, 0) is 9.59 Å². The number of likely N-dealkylation sites (tertiary alicyclic amines) is 2. The maximum atomic E-state index is 13.6. The van der Waals surface area contributed by atoms with Gasteiger partial charge >= 0.3 is 0 Å². The minimum absolute atomic E-state index is 0.0470. The molecule has 3 fully saturated rings. The third-order valence-corrected chi connectivity index (χ3v) is 8.84. The molecular formula is C31H34ClN5O5. The zero-order valence-corrected chi connectivity index (χ0v) is 24.1. The minimum atomic E-state index is -0.594. The smallest absolute Gasteiger partial charge is 0.294 e. The van der Waals surface area contributed by atoms with Crippen molar-refractivity contribution in [3.05, 3.63) is 52.9 Å². The second-order valence-electron chi connectivity index (χ2n) is 11.4. The number of pyridine rings is 1. The Hall–Kier alpha value is -3.92. The van der Waals surface area contributed by atoms with E-state index in [2.05, 4.69) is 15.6 Å². The van der Waals surface area contributed by atoms with Gasteiger partial charge in [-0.15, -0.1) is 0 Å². The molecule has 4 amide bonds. The standard InChI is InChI=1S/C31H34ClN5O5/c32-22-10-12-25(33-18-22)34-29(39)27-26(23-17-21(9-11-24(23)42-27)31(41)37-15-3-4-16-37)35-28(38)19-5-7-20(8-6-19)30(40)36-13-1-2-14-36/h9-12,17-20H,1-8,13-16H2,(H,35,38)(H,33,34,39)/t19-,20-. The molecule has 4 heterocycles. The Labute approximate surface area is 248 Å². The van der Waals surface area contributed by atoms with Crippen molar-refractivity contribution in [2.24, 2.45) is 11.8 Å². The van der Waals surface area contributed by atoms with Crippen molar-refractivity contribution in [2.75, 3.05) is 36.8 Å². The molecule has 1 aromatic carbocycles. The second-order valence-corrected chi connectivity index (χ2v) is 11.8. The number of carbonyl (C=O) groups is 4. The van der Waals surface area contributed by atoms with Crippen LogP contribution in [0.15, 0.2) is 40.9 Å². The molecule has 0 radical (unpaired) electrons. The van der Waals surface area contributed by atoms with E-state index >= 15 is 0 Å². The van der Waals surface area contributed by atoms with Gasteiger partial charge in [0, 0.05) is 55.2 Å². The lowest BCUT2D eigenvalue weighted by Crippen LogP contribution is -2.37. The zero-order chi connectivity index (χ0) is 29.2. The highest BCUT2D eigenvalue weighted by Gasteiger charge is 2.34. The highest BCUT2D eigenvalue weighted by Crippen LogP contribution is 2.36. The van der Waals surface area contributed by atoms with Crippen LogP contribution >= 0.6 is 11.6 Å². The molecule has 2 N–H and O–H groups in total. The van der Waals surface area contributed by atoms with Gasteiger partial charge in [-0.25, -0.2) is 4.98 Å². The predicted octanol–water partition coefficient (Wildman–Crippen LogP) is 5.34. The van der Waals surface area contributed by atoms with E-state index in [-0.39, 0.29) is 46.8 Å². The molecule has 0 atom stereocenters. The van der Waals surface area contributed by atoms with Gasteiger partial charge in [0.25, 0.3) is 11.8 Å². The molecule has 10 nitrogen and oxygen atoms in total. The summed E-state index contributed by atoms with van der Waals surface area (Å²) in [4.78, 5) is 60.8. The first kappa shape index (κ1) is 28.2. The van der Waals surface area contributed by atoms with Crippen molar-refractivity contribution in [1.82, 2.24) is 14.8 Å². The molecule has 0 unspecified atom stereocenters. The number of furan rings is 1. The summed E-state index contributed by atoms with van der Waals surface area (Å²) < 4.78 is 5.96. The van der Waals surface area contributed by atoms with Gasteiger partial charge < -0.3 is 24.9 Å². The average molecular weight is 592 g/mol. The minimum Gasteiger partial charge on any atom is -0.449 e. The number of halogens is 1. The third-order valence-electron chi connectivity index (χ3n) is 8.62. The van der Waals surface area contributed by atoms with Crippen LogP contribution in [-0.4, -0.2) is 64.6 Å².